The number of hydrogen-bond acceptors (Lipinski definition) is 5. The van der Waals surface area contributed by atoms with Gasteiger partial charge in [0.1, 0.15) is 17.2 Å². The normalized spacial score (nSPS) is 29.7. The molecule has 3 N–H and O–H groups in total. The van der Waals surface area contributed by atoms with Crippen LogP contribution in [0.15, 0.2) is 0 Å². The fourth-order valence-corrected chi connectivity index (χ4v) is 2.96. The third kappa shape index (κ3) is 1.64. The zero-order valence-corrected chi connectivity index (χ0v) is 10.1. The van der Waals surface area contributed by atoms with Crippen LogP contribution in [0.4, 0.5) is 5.82 Å². The molecule has 96 valence electrons. The maximum Gasteiger partial charge on any atom is 0.341 e. The van der Waals surface area contributed by atoms with Crippen LogP contribution in [0.2, 0.25) is 0 Å². The molecule has 1 aromatic rings. The van der Waals surface area contributed by atoms with Crippen LogP contribution in [0.1, 0.15) is 47.1 Å². The summed E-state index contributed by atoms with van der Waals surface area (Å²) >= 11 is 0. The van der Waals surface area contributed by atoms with Crippen LogP contribution < -0.4 is 5.73 Å². The van der Waals surface area contributed by atoms with Gasteiger partial charge in [-0.05, 0) is 26.2 Å². The van der Waals surface area contributed by atoms with Gasteiger partial charge in [-0.15, -0.1) is 0 Å². The molecule has 3 unspecified atom stereocenters. The average molecular weight is 249 g/mol. The molecular formula is C12H15N3O3. The smallest absolute Gasteiger partial charge is 0.341 e. The quantitative estimate of drug-likeness (QED) is 0.814. The Morgan fingerprint density at radius 1 is 1.44 bits per heavy atom. The van der Waals surface area contributed by atoms with Crippen molar-refractivity contribution in [2.75, 3.05) is 5.73 Å². The van der Waals surface area contributed by atoms with Gasteiger partial charge in [-0.25, -0.2) is 14.8 Å². The summed E-state index contributed by atoms with van der Waals surface area (Å²) in [4.78, 5) is 19.5. The molecule has 6 heteroatoms. The Morgan fingerprint density at radius 3 is 2.72 bits per heavy atom. The molecule has 0 radical (unpaired) electrons. The van der Waals surface area contributed by atoms with Crippen molar-refractivity contribution in [3.8, 4) is 0 Å². The maximum atomic E-state index is 11.0. The topological polar surface area (TPSA) is 98.3 Å². The fraction of sp³-hybridized carbons (Fsp3) is 0.583. The molecule has 2 saturated heterocycles. The predicted molar refractivity (Wildman–Crippen MR) is 63.4 cm³/mol. The summed E-state index contributed by atoms with van der Waals surface area (Å²) in [5.41, 5.74) is 6.14. The highest BCUT2D eigenvalue weighted by molar-refractivity contribution is 5.93. The lowest BCUT2D eigenvalue weighted by Gasteiger charge is -2.18. The van der Waals surface area contributed by atoms with E-state index >= 15 is 0 Å². The molecule has 0 spiro atoms. The third-order valence-corrected chi connectivity index (χ3v) is 3.79. The van der Waals surface area contributed by atoms with Gasteiger partial charge in [0.15, 0.2) is 0 Å². The van der Waals surface area contributed by atoms with Crippen LogP contribution in [-0.4, -0.2) is 33.3 Å². The molecule has 6 nitrogen and oxygen atoms in total. The van der Waals surface area contributed by atoms with Crippen LogP contribution in [0.5, 0.6) is 0 Å². The van der Waals surface area contributed by atoms with E-state index in [2.05, 4.69) is 9.97 Å². The van der Waals surface area contributed by atoms with E-state index in [0.29, 0.717) is 17.6 Å². The molecule has 18 heavy (non-hydrogen) atoms. The average Bonchev–Trinajstić information content (AvgIpc) is 2.88. The van der Waals surface area contributed by atoms with Gasteiger partial charge < -0.3 is 15.6 Å². The van der Waals surface area contributed by atoms with Crippen molar-refractivity contribution < 1.29 is 14.6 Å². The number of aromatic nitrogens is 2. The summed E-state index contributed by atoms with van der Waals surface area (Å²) in [6, 6.07) is 0. The summed E-state index contributed by atoms with van der Waals surface area (Å²) in [5.74, 6) is -0.247. The van der Waals surface area contributed by atoms with Gasteiger partial charge in [-0.1, -0.05) is 0 Å². The number of anilines is 1. The van der Waals surface area contributed by atoms with E-state index in [-0.39, 0.29) is 23.4 Å². The minimum Gasteiger partial charge on any atom is -0.477 e. The van der Waals surface area contributed by atoms with E-state index in [1.54, 1.807) is 6.92 Å². The number of nitrogens with zero attached hydrogens (tertiary/aromatic N) is 2. The van der Waals surface area contributed by atoms with Crippen LogP contribution in [0.25, 0.3) is 0 Å². The summed E-state index contributed by atoms with van der Waals surface area (Å²) < 4.78 is 5.76. The predicted octanol–water partition coefficient (Wildman–Crippen LogP) is 1.10. The van der Waals surface area contributed by atoms with Crippen molar-refractivity contribution >= 4 is 11.8 Å². The van der Waals surface area contributed by atoms with E-state index in [0.717, 1.165) is 19.3 Å². The zero-order chi connectivity index (χ0) is 12.9. The number of carbonyl (C=O) groups is 1. The molecule has 2 fully saturated rings. The van der Waals surface area contributed by atoms with Crippen LogP contribution >= 0.6 is 0 Å². The van der Waals surface area contributed by atoms with Gasteiger partial charge in [-0.2, -0.15) is 0 Å². The highest BCUT2D eigenvalue weighted by Gasteiger charge is 2.43. The minimum absolute atomic E-state index is 0.00262. The summed E-state index contributed by atoms with van der Waals surface area (Å²) in [6.07, 6.45) is 3.52. The first kappa shape index (κ1) is 11.4. The lowest BCUT2D eigenvalue weighted by molar-refractivity contribution is 0.0696. The second kappa shape index (κ2) is 3.91. The molecule has 0 saturated carbocycles. The molecule has 1 aromatic heterocycles. The number of carboxylic acid groups (broad SMARTS) is 1. The monoisotopic (exact) mass is 249 g/mol. The number of carboxylic acids is 1. The summed E-state index contributed by atoms with van der Waals surface area (Å²) in [5, 5.41) is 9.02. The first-order valence-corrected chi connectivity index (χ1v) is 6.09. The van der Waals surface area contributed by atoms with Crippen molar-refractivity contribution in [2.24, 2.45) is 0 Å². The number of aryl methyl sites for hydroxylation is 1. The van der Waals surface area contributed by atoms with Gasteiger partial charge in [-0.3, -0.25) is 0 Å². The van der Waals surface area contributed by atoms with Gasteiger partial charge in [0.2, 0.25) is 0 Å². The molecule has 0 aromatic carbocycles. The lowest BCUT2D eigenvalue weighted by Crippen LogP contribution is -2.20. The Bertz CT molecular complexity index is 494. The van der Waals surface area contributed by atoms with Crippen molar-refractivity contribution in [1.29, 1.82) is 0 Å². The largest absolute Gasteiger partial charge is 0.477 e. The van der Waals surface area contributed by atoms with Crippen molar-refractivity contribution in [3.05, 3.63) is 17.1 Å². The molecule has 3 rings (SSSR count). The van der Waals surface area contributed by atoms with E-state index in [4.69, 9.17) is 15.6 Å². The van der Waals surface area contributed by atoms with Gasteiger partial charge in [0.25, 0.3) is 0 Å². The second-order valence-electron chi connectivity index (χ2n) is 4.95. The number of nitrogens with two attached hydrogens (primary N) is 1. The lowest BCUT2D eigenvalue weighted by atomic mass is 9.88. The zero-order valence-electron chi connectivity index (χ0n) is 10.1. The van der Waals surface area contributed by atoms with E-state index < -0.39 is 5.97 Å². The van der Waals surface area contributed by atoms with Crippen molar-refractivity contribution in [3.63, 3.8) is 0 Å². The number of fused-ring (bicyclic) bond motifs is 2. The van der Waals surface area contributed by atoms with Gasteiger partial charge in [0.05, 0.1) is 17.9 Å². The van der Waals surface area contributed by atoms with E-state index in [1.807, 2.05) is 0 Å². The molecule has 3 atom stereocenters. The number of hydrogen-bond donors (Lipinski definition) is 2. The Hall–Kier alpha value is -1.69. The molecule has 2 bridgehead atoms. The van der Waals surface area contributed by atoms with E-state index in [1.165, 1.54) is 0 Å². The standard InChI is InChI=1S/C12H15N3O3/c1-5-9(12(16)17)10(13)15-11(14-5)7-4-6-2-3-8(7)18-6/h6-8H,2-4H2,1H3,(H,16,17)(H2,13,14,15). The van der Waals surface area contributed by atoms with Crippen LogP contribution in [0.3, 0.4) is 0 Å². The molecule has 0 amide bonds. The fourth-order valence-electron chi connectivity index (χ4n) is 2.96. The van der Waals surface area contributed by atoms with Gasteiger partial charge >= 0.3 is 5.97 Å². The SMILES string of the molecule is Cc1nc(C2CC3CCC2O3)nc(N)c1C(=O)O. The number of aromatic carboxylic acids is 1. The third-order valence-electron chi connectivity index (χ3n) is 3.79. The van der Waals surface area contributed by atoms with Crippen molar-refractivity contribution in [1.82, 2.24) is 9.97 Å². The Kier molecular flexibility index (Phi) is 2.48. The Labute approximate surface area is 104 Å². The first-order valence-electron chi connectivity index (χ1n) is 6.09. The minimum atomic E-state index is -1.08. The van der Waals surface area contributed by atoms with Gasteiger partial charge in [0, 0.05) is 5.92 Å². The number of rotatable bonds is 2. The summed E-state index contributed by atoms with van der Waals surface area (Å²) in [6.45, 7) is 1.65. The molecule has 2 aliphatic heterocycles. The molecule has 3 heterocycles. The number of ether oxygens (including phenoxy) is 1. The first-order chi connectivity index (χ1) is 8.56. The highest BCUT2D eigenvalue weighted by Crippen LogP contribution is 2.43. The van der Waals surface area contributed by atoms with E-state index in [9.17, 15) is 4.79 Å². The molecular weight excluding hydrogens is 234 g/mol. The van der Waals surface area contributed by atoms with Crippen LogP contribution in [-0.2, 0) is 4.74 Å². The van der Waals surface area contributed by atoms with Crippen LogP contribution in [0, 0.1) is 6.92 Å². The number of nitrogen functional groups attached to an aromatic ring is 1. The molecule has 2 aliphatic rings. The Morgan fingerprint density at radius 2 is 2.22 bits per heavy atom. The summed E-state index contributed by atoms with van der Waals surface area (Å²) in [7, 11) is 0. The highest BCUT2D eigenvalue weighted by atomic mass is 16.5. The Balaban J connectivity index is 1.97. The maximum absolute atomic E-state index is 11.0. The molecule has 0 aliphatic carbocycles. The van der Waals surface area contributed by atoms with Crippen molar-refractivity contribution in [2.45, 2.75) is 44.3 Å². The second-order valence-corrected chi connectivity index (χ2v) is 4.95.